The van der Waals surface area contributed by atoms with Gasteiger partial charge in [0.15, 0.2) is 0 Å². The lowest BCUT2D eigenvalue weighted by Gasteiger charge is -2.26. The smallest absolute Gasteiger partial charge is 0.289 e. The Hall–Kier alpha value is -2.14. The van der Waals surface area contributed by atoms with Gasteiger partial charge >= 0.3 is 0 Å². The summed E-state index contributed by atoms with van der Waals surface area (Å²) in [5.74, 6) is 0.0594. The average molecular weight is 299 g/mol. The third-order valence-electron chi connectivity index (χ3n) is 3.97. The lowest BCUT2D eigenvalue weighted by atomic mass is 10.1. The summed E-state index contributed by atoms with van der Waals surface area (Å²) < 4.78 is 5.15. The molecule has 0 unspecified atom stereocenters. The van der Waals surface area contributed by atoms with Gasteiger partial charge in [0.25, 0.3) is 5.91 Å². The van der Waals surface area contributed by atoms with E-state index in [1.807, 2.05) is 30.3 Å². The maximum atomic E-state index is 12.1. The summed E-state index contributed by atoms with van der Waals surface area (Å²) in [4.78, 5) is 14.5. The first-order valence-corrected chi connectivity index (χ1v) is 7.85. The first-order valence-electron chi connectivity index (χ1n) is 7.85. The maximum Gasteiger partial charge on any atom is 0.289 e. The van der Waals surface area contributed by atoms with E-state index in [-0.39, 0.29) is 11.7 Å². The summed E-state index contributed by atoms with van der Waals surface area (Å²) >= 11 is 0. The van der Waals surface area contributed by atoms with E-state index in [0.717, 1.165) is 25.2 Å². The summed E-state index contributed by atoms with van der Waals surface area (Å²) in [6, 6.07) is 11.4. The highest BCUT2D eigenvalue weighted by Crippen LogP contribution is 2.18. The van der Waals surface area contributed by atoms with Gasteiger partial charge in [-0.05, 0) is 25.9 Å². The lowest BCUT2D eigenvalue weighted by molar-refractivity contribution is 0.0910. The van der Waals surface area contributed by atoms with Crippen molar-refractivity contribution in [3.8, 4) is 11.3 Å². The molecule has 116 valence electrons. The molecule has 3 rings (SSSR count). The zero-order valence-corrected chi connectivity index (χ0v) is 12.6. The molecule has 0 atom stereocenters. The fraction of sp³-hybridized carbons (Fsp3) is 0.412. The predicted molar refractivity (Wildman–Crippen MR) is 84.6 cm³/mol. The van der Waals surface area contributed by atoms with Gasteiger partial charge in [-0.1, -0.05) is 41.9 Å². The molecule has 1 aromatic carbocycles. The highest BCUT2D eigenvalue weighted by molar-refractivity contribution is 5.92. The van der Waals surface area contributed by atoms with Crippen LogP contribution in [0.4, 0.5) is 0 Å². The SMILES string of the molecule is O=C(NCCN1CCCCC1)c1cc(-c2ccccc2)no1. The fourth-order valence-electron chi connectivity index (χ4n) is 2.72. The molecule has 22 heavy (non-hydrogen) atoms. The summed E-state index contributed by atoms with van der Waals surface area (Å²) in [6.45, 7) is 3.80. The number of rotatable bonds is 5. The van der Waals surface area contributed by atoms with E-state index in [1.54, 1.807) is 6.07 Å². The second kappa shape index (κ2) is 7.22. The molecule has 5 heteroatoms. The number of likely N-dealkylation sites (tertiary alicyclic amines) is 1. The van der Waals surface area contributed by atoms with Crippen LogP contribution in [-0.4, -0.2) is 42.1 Å². The molecular formula is C17H21N3O2. The van der Waals surface area contributed by atoms with Gasteiger partial charge in [-0.2, -0.15) is 0 Å². The molecule has 5 nitrogen and oxygen atoms in total. The van der Waals surface area contributed by atoms with Crippen molar-refractivity contribution < 1.29 is 9.32 Å². The van der Waals surface area contributed by atoms with E-state index < -0.39 is 0 Å². The number of nitrogens with zero attached hydrogens (tertiary/aromatic N) is 2. The molecule has 2 aromatic rings. The Labute approximate surface area is 130 Å². The molecule has 1 N–H and O–H groups in total. The second-order valence-corrected chi connectivity index (χ2v) is 5.60. The standard InChI is InChI=1S/C17H21N3O2/c21-17(18-9-12-20-10-5-2-6-11-20)16-13-15(19-22-16)14-7-3-1-4-8-14/h1,3-4,7-8,13H,2,5-6,9-12H2,(H,18,21). The van der Waals surface area contributed by atoms with E-state index in [9.17, 15) is 4.79 Å². The van der Waals surface area contributed by atoms with Crippen molar-refractivity contribution in [2.75, 3.05) is 26.2 Å². The Morgan fingerprint density at radius 3 is 2.73 bits per heavy atom. The Kier molecular flexibility index (Phi) is 4.85. The molecule has 1 aliphatic rings. The van der Waals surface area contributed by atoms with Crippen LogP contribution in [0.5, 0.6) is 0 Å². The Balaban J connectivity index is 1.51. The topological polar surface area (TPSA) is 58.4 Å². The fourth-order valence-corrected chi connectivity index (χ4v) is 2.72. The summed E-state index contributed by atoms with van der Waals surface area (Å²) in [6.07, 6.45) is 3.84. The van der Waals surface area contributed by atoms with Crippen molar-refractivity contribution in [3.05, 3.63) is 42.2 Å². The molecule has 1 saturated heterocycles. The largest absolute Gasteiger partial charge is 0.350 e. The molecule has 1 amide bonds. The van der Waals surface area contributed by atoms with E-state index in [1.165, 1.54) is 19.3 Å². The zero-order chi connectivity index (χ0) is 15.2. The van der Waals surface area contributed by atoms with Crippen LogP contribution >= 0.6 is 0 Å². The molecule has 1 aliphatic heterocycles. The average Bonchev–Trinajstić information content (AvgIpc) is 3.07. The first kappa shape index (κ1) is 14.8. The summed E-state index contributed by atoms with van der Waals surface area (Å²) in [5.41, 5.74) is 1.63. The first-order chi connectivity index (χ1) is 10.8. The van der Waals surface area contributed by atoms with Gasteiger partial charge < -0.3 is 14.7 Å². The molecule has 0 aliphatic carbocycles. The third-order valence-corrected chi connectivity index (χ3v) is 3.97. The normalized spacial score (nSPS) is 15.6. The van der Waals surface area contributed by atoms with Crippen LogP contribution in [0.2, 0.25) is 0 Å². The predicted octanol–water partition coefficient (Wildman–Crippen LogP) is 2.56. The molecule has 0 bridgehead atoms. The van der Waals surface area contributed by atoms with Crippen LogP contribution in [-0.2, 0) is 0 Å². The zero-order valence-electron chi connectivity index (χ0n) is 12.6. The number of benzene rings is 1. The second-order valence-electron chi connectivity index (χ2n) is 5.60. The monoisotopic (exact) mass is 299 g/mol. The molecule has 1 aromatic heterocycles. The lowest BCUT2D eigenvalue weighted by Crippen LogP contribution is -2.37. The van der Waals surface area contributed by atoms with E-state index in [4.69, 9.17) is 4.52 Å². The highest BCUT2D eigenvalue weighted by atomic mass is 16.5. The van der Waals surface area contributed by atoms with Gasteiger partial charge in [-0.25, -0.2) is 0 Å². The van der Waals surface area contributed by atoms with Gasteiger partial charge in [-0.15, -0.1) is 0 Å². The van der Waals surface area contributed by atoms with E-state index >= 15 is 0 Å². The van der Waals surface area contributed by atoms with Gasteiger partial charge in [0.05, 0.1) is 0 Å². The minimum atomic E-state index is -0.202. The number of carbonyl (C=O) groups is 1. The minimum Gasteiger partial charge on any atom is -0.350 e. The molecule has 0 spiro atoms. The molecule has 0 saturated carbocycles. The molecule has 0 radical (unpaired) electrons. The number of amides is 1. The van der Waals surface area contributed by atoms with E-state index in [0.29, 0.717) is 12.2 Å². The van der Waals surface area contributed by atoms with Crippen LogP contribution in [0, 0.1) is 0 Å². The van der Waals surface area contributed by atoms with Gasteiger partial charge in [0, 0.05) is 24.7 Å². The van der Waals surface area contributed by atoms with Crippen molar-refractivity contribution in [3.63, 3.8) is 0 Å². The minimum absolute atomic E-state index is 0.202. The number of aromatic nitrogens is 1. The number of hydrogen-bond acceptors (Lipinski definition) is 4. The van der Waals surface area contributed by atoms with Crippen LogP contribution in [0.1, 0.15) is 29.8 Å². The summed E-state index contributed by atoms with van der Waals surface area (Å²) in [7, 11) is 0. The maximum absolute atomic E-state index is 12.1. The molecule has 1 fully saturated rings. The number of nitrogens with one attached hydrogen (secondary N) is 1. The molecular weight excluding hydrogens is 278 g/mol. The van der Waals surface area contributed by atoms with Crippen molar-refractivity contribution in [2.45, 2.75) is 19.3 Å². The number of hydrogen-bond donors (Lipinski definition) is 1. The van der Waals surface area contributed by atoms with Gasteiger partial charge in [-0.3, -0.25) is 4.79 Å². The van der Waals surface area contributed by atoms with Crippen LogP contribution in [0.25, 0.3) is 11.3 Å². The van der Waals surface area contributed by atoms with Crippen LogP contribution < -0.4 is 5.32 Å². The van der Waals surface area contributed by atoms with Crippen molar-refractivity contribution >= 4 is 5.91 Å². The Morgan fingerprint density at radius 2 is 1.95 bits per heavy atom. The Bertz CT molecular complexity index is 603. The highest BCUT2D eigenvalue weighted by Gasteiger charge is 2.14. The van der Waals surface area contributed by atoms with Crippen LogP contribution in [0.15, 0.2) is 40.9 Å². The van der Waals surface area contributed by atoms with Crippen molar-refractivity contribution in [2.24, 2.45) is 0 Å². The van der Waals surface area contributed by atoms with Crippen molar-refractivity contribution in [1.29, 1.82) is 0 Å². The summed E-state index contributed by atoms with van der Waals surface area (Å²) in [5, 5.41) is 6.86. The number of piperidine rings is 1. The third kappa shape index (κ3) is 3.74. The van der Waals surface area contributed by atoms with Crippen LogP contribution in [0.3, 0.4) is 0 Å². The van der Waals surface area contributed by atoms with E-state index in [2.05, 4.69) is 15.4 Å². The Morgan fingerprint density at radius 1 is 1.18 bits per heavy atom. The number of carbonyl (C=O) groups excluding carboxylic acids is 1. The van der Waals surface area contributed by atoms with Gasteiger partial charge in [0.2, 0.25) is 5.76 Å². The quantitative estimate of drug-likeness (QED) is 0.922. The van der Waals surface area contributed by atoms with Crippen molar-refractivity contribution in [1.82, 2.24) is 15.4 Å². The molecule has 2 heterocycles. The van der Waals surface area contributed by atoms with Gasteiger partial charge in [0.1, 0.15) is 5.69 Å².